The molecule has 3 N–H and O–H groups in total. The zero-order valence-corrected chi connectivity index (χ0v) is 11.2. The predicted octanol–water partition coefficient (Wildman–Crippen LogP) is 1.59. The highest BCUT2D eigenvalue weighted by Crippen LogP contribution is 2.08. The second-order valence-electron chi connectivity index (χ2n) is 4.33. The maximum Gasteiger partial charge on any atom is 0.326 e. The van der Waals surface area contributed by atoms with Crippen LogP contribution in [0.2, 0.25) is 0 Å². The average molecular weight is 254 g/mol. The van der Waals surface area contributed by atoms with E-state index in [4.69, 9.17) is 11.5 Å². The number of aliphatic carboxylic acids is 1. The Hall–Kier alpha value is -1.70. The number of hydrogen-bond donors (Lipinski definition) is 3. The monoisotopic (exact) mass is 254 g/mol. The van der Waals surface area contributed by atoms with Gasteiger partial charge >= 0.3 is 12.0 Å². The molecular weight excluding hydrogens is 232 g/mol. The van der Waals surface area contributed by atoms with E-state index in [0.29, 0.717) is 19.3 Å². The van der Waals surface area contributed by atoms with Crippen molar-refractivity contribution < 1.29 is 14.7 Å². The number of nitrogens with one attached hydrogen (secondary N) is 2. The van der Waals surface area contributed by atoms with E-state index in [2.05, 4.69) is 16.6 Å². The first-order chi connectivity index (χ1) is 8.46. The van der Waals surface area contributed by atoms with Gasteiger partial charge in [-0.2, -0.15) is 0 Å². The van der Waals surface area contributed by atoms with Crippen LogP contribution < -0.4 is 10.6 Å². The molecule has 0 saturated heterocycles. The first-order valence-corrected chi connectivity index (χ1v) is 6.19. The highest BCUT2D eigenvalue weighted by Gasteiger charge is 2.25. The maximum atomic E-state index is 11.7. The number of urea groups is 1. The lowest BCUT2D eigenvalue weighted by Crippen LogP contribution is -2.51. The van der Waals surface area contributed by atoms with E-state index in [9.17, 15) is 9.59 Å². The standard InChI is InChI=1S/C13H22N2O3/c1-5-8-10(7-3)14-13(18)15-11(12(16)17)9(4)6-2/h1,9-11H,6-8H2,2-4H3,(H,16,17)(H2,14,15,18). The molecule has 18 heavy (non-hydrogen) atoms. The average Bonchev–Trinajstić information content (AvgIpc) is 2.34. The van der Waals surface area contributed by atoms with Gasteiger partial charge in [0.25, 0.3) is 0 Å². The fourth-order valence-corrected chi connectivity index (χ4v) is 1.49. The topological polar surface area (TPSA) is 78.4 Å². The van der Waals surface area contributed by atoms with Crippen molar-refractivity contribution >= 4 is 12.0 Å². The molecular formula is C13H22N2O3. The Kier molecular flexibility index (Phi) is 7.61. The first-order valence-electron chi connectivity index (χ1n) is 6.19. The van der Waals surface area contributed by atoms with Crippen molar-refractivity contribution in [2.75, 3.05) is 0 Å². The molecule has 2 amide bonds. The van der Waals surface area contributed by atoms with Gasteiger partial charge in [0.15, 0.2) is 0 Å². The molecule has 5 nitrogen and oxygen atoms in total. The van der Waals surface area contributed by atoms with Crippen molar-refractivity contribution in [1.29, 1.82) is 0 Å². The molecule has 0 aromatic heterocycles. The molecule has 0 radical (unpaired) electrons. The van der Waals surface area contributed by atoms with Crippen molar-refractivity contribution in [2.24, 2.45) is 5.92 Å². The normalized spacial score (nSPS) is 15.0. The van der Waals surface area contributed by atoms with E-state index in [-0.39, 0.29) is 12.0 Å². The molecule has 0 spiro atoms. The third-order valence-corrected chi connectivity index (χ3v) is 2.96. The summed E-state index contributed by atoms with van der Waals surface area (Å²) >= 11 is 0. The molecule has 3 unspecified atom stereocenters. The second-order valence-corrected chi connectivity index (χ2v) is 4.33. The molecule has 0 aliphatic carbocycles. The van der Waals surface area contributed by atoms with Gasteiger partial charge in [-0.25, -0.2) is 9.59 Å². The Morgan fingerprint density at radius 3 is 2.28 bits per heavy atom. The number of carbonyl (C=O) groups excluding carboxylic acids is 1. The van der Waals surface area contributed by atoms with Crippen LogP contribution in [0.1, 0.15) is 40.0 Å². The van der Waals surface area contributed by atoms with E-state index < -0.39 is 18.0 Å². The third-order valence-electron chi connectivity index (χ3n) is 2.96. The van der Waals surface area contributed by atoms with Crippen LogP contribution in [0.15, 0.2) is 0 Å². The van der Waals surface area contributed by atoms with Crippen LogP contribution >= 0.6 is 0 Å². The minimum Gasteiger partial charge on any atom is -0.480 e. The molecule has 0 aliphatic heterocycles. The van der Waals surface area contributed by atoms with Crippen LogP contribution in [-0.4, -0.2) is 29.2 Å². The summed E-state index contributed by atoms with van der Waals surface area (Å²) in [6, 6.07) is -1.48. The lowest BCUT2D eigenvalue weighted by molar-refractivity contribution is -0.140. The molecule has 102 valence electrons. The van der Waals surface area contributed by atoms with Crippen molar-refractivity contribution in [2.45, 2.75) is 52.1 Å². The minimum atomic E-state index is -1.02. The number of carboxylic acids is 1. The van der Waals surface area contributed by atoms with E-state index in [1.165, 1.54) is 0 Å². The van der Waals surface area contributed by atoms with Gasteiger partial charge in [-0.3, -0.25) is 0 Å². The Bertz CT molecular complexity index is 323. The van der Waals surface area contributed by atoms with Crippen LogP contribution in [-0.2, 0) is 4.79 Å². The van der Waals surface area contributed by atoms with E-state index in [1.54, 1.807) is 6.92 Å². The van der Waals surface area contributed by atoms with Gasteiger partial charge in [-0.1, -0.05) is 27.2 Å². The fourth-order valence-electron chi connectivity index (χ4n) is 1.49. The number of rotatable bonds is 7. The Balaban J connectivity index is 4.43. The minimum absolute atomic E-state index is 0.124. The quantitative estimate of drug-likeness (QED) is 0.604. The van der Waals surface area contributed by atoms with Gasteiger partial charge in [0.05, 0.1) is 0 Å². The van der Waals surface area contributed by atoms with Crippen LogP contribution in [0.25, 0.3) is 0 Å². The molecule has 0 aromatic carbocycles. The summed E-state index contributed by atoms with van der Waals surface area (Å²) in [6.45, 7) is 5.58. The fraction of sp³-hybridized carbons (Fsp3) is 0.692. The molecule has 5 heteroatoms. The van der Waals surface area contributed by atoms with Crippen molar-refractivity contribution in [3.05, 3.63) is 0 Å². The molecule has 0 aliphatic rings. The van der Waals surface area contributed by atoms with Crippen LogP contribution in [0.4, 0.5) is 4.79 Å². The van der Waals surface area contributed by atoms with Gasteiger partial charge in [0.2, 0.25) is 0 Å². The number of hydrogen-bond acceptors (Lipinski definition) is 2. The predicted molar refractivity (Wildman–Crippen MR) is 70.1 cm³/mol. The molecule has 0 aromatic rings. The number of amides is 2. The summed E-state index contributed by atoms with van der Waals surface area (Å²) < 4.78 is 0. The highest BCUT2D eigenvalue weighted by molar-refractivity contribution is 5.82. The largest absolute Gasteiger partial charge is 0.480 e. The summed E-state index contributed by atoms with van der Waals surface area (Å²) in [5.41, 5.74) is 0. The highest BCUT2D eigenvalue weighted by atomic mass is 16.4. The lowest BCUT2D eigenvalue weighted by Gasteiger charge is -2.22. The van der Waals surface area contributed by atoms with Crippen LogP contribution in [0.3, 0.4) is 0 Å². The van der Waals surface area contributed by atoms with Gasteiger partial charge in [-0.15, -0.1) is 12.3 Å². The summed E-state index contributed by atoms with van der Waals surface area (Å²) in [5.74, 6) is 1.33. The van der Waals surface area contributed by atoms with Gasteiger partial charge in [-0.05, 0) is 12.3 Å². The molecule has 0 bridgehead atoms. The van der Waals surface area contributed by atoms with Crippen molar-refractivity contribution in [3.63, 3.8) is 0 Å². The summed E-state index contributed by atoms with van der Waals surface area (Å²) in [7, 11) is 0. The number of carbonyl (C=O) groups is 2. The molecule has 0 rings (SSSR count). The number of terminal acetylenes is 1. The van der Waals surface area contributed by atoms with Crippen LogP contribution in [0, 0.1) is 18.3 Å². The Morgan fingerprint density at radius 2 is 1.89 bits per heavy atom. The Labute approximate surface area is 108 Å². The second kappa shape index (κ2) is 8.40. The third kappa shape index (κ3) is 5.58. The zero-order valence-electron chi connectivity index (χ0n) is 11.2. The molecule has 0 heterocycles. The Morgan fingerprint density at radius 1 is 1.28 bits per heavy atom. The van der Waals surface area contributed by atoms with E-state index in [0.717, 1.165) is 0 Å². The molecule has 3 atom stereocenters. The van der Waals surface area contributed by atoms with Gasteiger partial charge in [0.1, 0.15) is 6.04 Å². The molecule has 0 fully saturated rings. The number of carboxylic acid groups (broad SMARTS) is 1. The van der Waals surface area contributed by atoms with Crippen molar-refractivity contribution in [1.82, 2.24) is 10.6 Å². The lowest BCUT2D eigenvalue weighted by atomic mass is 9.99. The van der Waals surface area contributed by atoms with Gasteiger partial charge < -0.3 is 15.7 Å². The summed E-state index contributed by atoms with van der Waals surface area (Å²) in [4.78, 5) is 22.7. The zero-order chi connectivity index (χ0) is 14.1. The molecule has 0 saturated carbocycles. The SMILES string of the molecule is C#CCC(CC)NC(=O)NC(C(=O)O)C(C)CC. The van der Waals surface area contributed by atoms with Crippen LogP contribution in [0.5, 0.6) is 0 Å². The summed E-state index contributed by atoms with van der Waals surface area (Å²) in [5, 5.41) is 14.2. The van der Waals surface area contributed by atoms with E-state index in [1.807, 2.05) is 13.8 Å². The van der Waals surface area contributed by atoms with E-state index >= 15 is 0 Å². The smallest absolute Gasteiger partial charge is 0.326 e. The summed E-state index contributed by atoms with van der Waals surface area (Å²) in [6.07, 6.45) is 7.01. The first kappa shape index (κ1) is 16.3. The van der Waals surface area contributed by atoms with Crippen molar-refractivity contribution in [3.8, 4) is 12.3 Å². The maximum absolute atomic E-state index is 11.7. The van der Waals surface area contributed by atoms with Gasteiger partial charge in [0, 0.05) is 12.5 Å².